The quantitative estimate of drug-likeness (QED) is 0.672. The maximum absolute atomic E-state index is 14.3. The van der Waals surface area contributed by atoms with Crippen LogP contribution in [0.25, 0.3) is 0 Å². The molecule has 1 aliphatic carbocycles. The van der Waals surface area contributed by atoms with Crippen molar-refractivity contribution >= 4 is 6.29 Å². The zero-order valence-corrected chi connectivity index (χ0v) is 8.16. The van der Waals surface area contributed by atoms with Crippen molar-refractivity contribution in [2.45, 2.75) is 25.4 Å². The van der Waals surface area contributed by atoms with E-state index >= 15 is 0 Å². The molecule has 0 aliphatic heterocycles. The molecular weight excluding hydrogens is 179 g/mol. The summed E-state index contributed by atoms with van der Waals surface area (Å²) in [5.74, 6) is 0.101. The van der Waals surface area contributed by atoms with Gasteiger partial charge >= 0.3 is 0 Å². The van der Waals surface area contributed by atoms with E-state index in [1.54, 1.807) is 31.2 Å². The molecule has 0 amide bonds. The van der Waals surface area contributed by atoms with Gasteiger partial charge < -0.3 is 0 Å². The number of rotatable bonds is 3. The molecule has 74 valence electrons. The number of hydrogen-bond acceptors (Lipinski definition) is 1. The van der Waals surface area contributed by atoms with Crippen molar-refractivity contribution in [1.82, 2.24) is 0 Å². The Morgan fingerprint density at radius 3 is 2.64 bits per heavy atom. The van der Waals surface area contributed by atoms with E-state index in [0.717, 1.165) is 19.1 Å². The molecule has 1 aliphatic rings. The van der Waals surface area contributed by atoms with Crippen LogP contribution >= 0.6 is 0 Å². The third kappa shape index (κ3) is 1.45. The summed E-state index contributed by atoms with van der Waals surface area (Å²) >= 11 is 0. The van der Waals surface area contributed by atoms with Crippen molar-refractivity contribution in [2.24, 2.45) is 5.92 Å². The molecular formula is C12H13FO. The van der Waals surface area contributed by atoms with E-state index in [1.807, 2.05) is 0 Å². The second-order valence-electron chi connectivity index (χ2n) is 4.05. The summed E-state index contributed by atoms with van der Waals surface area (Å²) in [5.41, 5.74) is -0.320. The normalized spacial score (nSPS) is 20.1. The number of hydrogen-bond donors (Lipinski definition) is 0. The molecule has 1 saturated carbocycles. The van der Waals surface area contributed by atoms with Crippen LogP contribution in [0.3, 0.4) is 0 Å². The van der Waals surface area contributed by atoms with Crippen LogP contribution in [0.2, 0.25) is 0 Å². The van der Waals surface area contributed by atoms with Crippen LogP contribution in [0, 0.1) is 5.92 Å². The summed E-state index contributed by atoms with van der Waals surface area (Å²) in [6.45, 7) is 1.58. The lowest BCUT2D eigenvalue weighted by molar-refractivity contribution is 0.110. The van der Waals surface area contributed by atoms with Crippen molar-refractivity contribution in [2.75, 3.05) is 0 Å². The molecule has 1 nitrogen and oxygen atoms in total. The molecule has 0 heterocycles. The molecule has 0 bridgehead atoms. The lowest BCUT2D eigenvalue weighted by Gasteiger charge is -2.21. The van der Waals surface area contributed by atoms with E-state index < -0.39 is 5.67 Å². The summed E-state index contributed by atoms with van der Waals surface area (Å²) in [4.78, 5) is 10.8. The second kappa shape index (κ2) is 3.19. The maximum atomic E-state index is 14.3. The Kier molecular flexibility index (Phi) is 2.14. The van der Waals surface area contributed by atoms with Crippen molar-refractivity contribution in [3.63, 3.8) is 0 Å². The van der Waals surface area contributed by atoms with Gasteiger partial charge in [-0.3, -0.25) is 4.79 Å². The Morgan fingerprint density at radius 1 is 1.43 bits per heavy atom. The molecule has 0 N–H and O–H groups in total. The van der Waals surface area contributed by atoms with Crippen LogP contribution in [-0.2, 0) is 5.67 Å². The molecule has 14 heavy (non-hydrogen) atoms. The van der Waals surface area contributed by atoms with Gasteiger partial charge in [0.1, 0.15) is 12.0 Å². The van der Waals surface area contributed by atoms with Gasteiger partial charge in [-0.25, -0.2) is 4.39 Å². The van der Waals surface area contributed by atoms with E-state index in [1.165, 1.54) is 0 Å². The van der Waals surface area contributed by atoms with Crippen molar-refractivity contribution in [3.05, 3.63) is 35.4 Å². The standard InChI is InChI=1S/C12H13FO/c1-12(13,10-6-7-10)11-5-3-2-4-9(11)8-14/h2-5,8,10H,6-7H2,1H3. The molecule has 0 spiro atoms. The molecule has 0 aromatic heterocycles. The van der Waals surface area contributed by atoms with E-state index in [0.29, 0.717) is 11.1 Å². The van der Waals surface area contributed by atoms with Gasteiger partial charge in [0.2, 0.25) is 0 Å². The highest BCUT2D eigenvalue weighted by Gasteiger charge is 2.44. The van der Waals surface area contributed by atoms with Crippen molar-refractivity contribution in [3.8, 4) is 0 Å². The van der Waals surface area contributed by atoms with Gasteiger partial charge in [0.15, 0.2) is 0 Å². The summed E-state index contributed by atoms with van der Waals surface area (Å²) in [6.07, 6.45) is 2.59. The first-order chi connectivity index (χ1) is 6.66. The van der Waals surface area contributed by atoms with Crippen LogP contribution in [0.5, 0.6) is 0 Å². The average molecular weight is 192 g/mol. The SMILES string of the molecule is CC(F)(c1ccccc1C=O)C1CC1. The molecule has 2 heteroatoms. The third-order valence-electron chi connectivity index (χ3n) is 2.96. The van der Waals surface area contributed by atoms with Crippen LogP contribution < -0.4 is 0 Å². The lowest BCUT2D eigenvalue weighted by Crippen LogP contribution is -2.19. The summed E-state index contributed by atoms with van der Waals surface area (Å²) < 4.78 is 14.3. The van der Waals surface area contributed by atoms with E-state index in [9.17, 15) is 9.18 Å². The number of halogens is 1. The number of carbonyl (C=O) groups excluding carboxylic acids is 1. The van der Waals surface area contributed by atoms with Gasteiger partial charge in [-0.1, -0.05) is 24.3 Å². The fraction of sp³-hybridized carbons (Fsp3) is 0.417. The van der Waals surface area contributed by atoms with E-state index in [2.05, 4.69) is 0 Å². The Hall–Kier alpha value is -1.18. The zero-order chi connectivity index (χ0) is 10.2. The molecule has 0 saturated heterocycles. The number of carbonyl (C=O) groups is 1. The second-order valence-corrected chi connectivity index (χ2v) is 4.05. The highest BCUT2D eigenvalue weighted by molar-refractivity contribution is 5.77. The van der Waals surface area contributed by atoms with Gasteiger partial charge in [0.25, 0.3) is 0 Å². The van der Waals surface area contributed by atoms with Crippen molar-refractivity contribution < 1.29 is 9.18 Å². The van der Waals surface area contributed by atoms with Crippen LogP contribution in [0.1, 0.15) is 35.7 Å². The highest BCUT2D eigenvalue weighted by atomic mass is 19.1. The minimum absolute atomic E-state index is 0.101. The van der Waals surface area contributed by atoms with Crippen LogP contribution in [0.15, 0.2) is 24.3 Å². The van der Waals surface area contributed by atoms with Crippen molar-refractivity contribution in [1.29, 1.82) is 0 Å². The molecule has 1 fully saturated rings. The highest BCUT2D eigenvalue weighted by Crippen LogP contribution is 2.48. The zero-order valence-electron chi connectivity index (χ0n) is 8.16. The van der Waals surface area contributed by atoms with Crippen LogP contribution in [-0.4, -0.2) is 6.29 Å². The predicted octanol–water partition coefficient (Wildman–Crippen LogP) is 3.09. The average Bonchev–Trinajstić information content (AvgIpc) is 3.01. The summed E-state index contributed by atoms with van der Waals surface area (Å²) in [6, 6.07) is 6.92. The first kappa shape index (κ1) is 9.38. The van der Waals surface area contributed by atoms with Gasteiger partial charge in [-0.15, -0.1) is 0 Å². The Morgan fingerprint density at radius 2 is 2.07 bits per heavy atom. The Balaban J connectivity index is 2.43. The first-order valence-electron chi connectivity index (χ1n) is 4.90. The molecule has 1 atom stereocenters. The summed E-state index contributed by atoms with van der Waals surface area (Å²) in [5, 5.41) is 0. The predicted molar refractivity (Wildman–Crippen MR) is 53.0 cm³/mol. The number of benzene rings is 1. The minimum atomic E-state index is -1.34. The molecule has 1 unspecified atom stereocenters. The molecule has 0 radical (unpaired) electrons. The third-order valence-corrected chi connectivity index (χ3v) is 2.96. The van der Waals surface area contributed by atoms with Gasteiger partial charge in [-0.05, 0) is 31.2 Å². The number of aldehydes is 1. The van der Waals surface area contributed by atoms with Gasteiger partial charge in [-0.2, -0.15) is 0 Å². The van der Waals surface area contributed by atoms with Gasteiger partial charge in [0, 0.05) is 5.56 Å². The molecule has 1 aromatic carbocycles. The fourth-order valence-corrected chi connectivity index (χ4v) is 1.89. The largest absolute Gasteiger partial charge is 0.298 e. The molecule has 1 aromatic rings. The minimum Gasteiger partial charge on any atom is -0.298 e. The Bertz CT molecular complexity index is 353. The monoisotopic (exact) mass is 192 g/mol. The topological polar surface area (TPSA) is 17.1 Å². The fourth-order valence-electron chi connectivity index (χ4n) is 1.89. The summed E-state index contributed by atoms with van der Waals surface area (Å²) in [7, 11) is 0. The van der Waals surface area contributed by atoms with E-state index in [4.69, 9.17) is 0 Å². The van der Waals surface area contributed by atoms with Gasteiger partial charge in [0.05, 0.1) is 0 Å². The molecule has 2 rings (SSSR count). The smallest absolute Gasteiger partial charge is 0.150 e. The Labute approximate surface area is 82.9 Å². The first-order valence-corrected chi connectivity index (χ1v) is 4.90. The maximum Gasteiger partial charge on any atom is 0.150 e. The number of alkyl halides is 1. The van der Waals surface area contributed by atoms with E-state index in [-0.39, 0.29) is 5.92 Å². The lowest BCUT2D eigenvalue weighted by atomic mass is 9.89. The van der Waals surface area contributed by atoms with Crippen LogP contribution in [0.4, 0.5) is 4.39 Å².